The number of nitrogens with one attached hydrogen (secondary N) is 1. The standard InChI is InChI=1S/C16H21N3O/c1-4-7-17-9-14-10-18-11-16(19-14)20-15-8-12(2)5-6-13(15)3/h5-6,8,10-11,17H,4,7,9H2,1-3H3. The maximum absolute atomic E-state index is 5.84. The summed E-state index contributed by atoms with van der Waals surface area (Å²) in [4.78, 5) is 8.65. The van der Waals surface area contributed by atoms with Crippen LogP contribution in [0, 0.1) is 13.8 Å². The van der Waals surface area contributed by atoms with Gasteiger partial charge in [-0.1, -0.05) is 19.1 Å². The van der Waals surface area contributed by atoms with Crippen LogP contribution >= 0.6 is 0 Å². The number of benzene rings is 1. The molecule has 106 valence electrons. The fraction of sp³-hybridized carbons (Fsp3) is 0.375. The first-order valence-corrected chi connectivity index (χ1v) is 6.96. The van der Waals surface area contributed by atoms with E-state index in [0.717, 1.165) is 30.0 Å². The molecule has 1 heterocycles. The molecule has 1 aromatic carbocycles. The molecule has 0 saturated carbocycles. The third-order valence-electron chi connectivity index (χ3n) is 2.95. The van der Waals surface area contributed by atoms with Crippen molar-refractivity contribution < 1.29 is 4.74 Å². The van der Waals surface area contributed by atoms with Crippen LogP contribution in [0.5, 0.6) is 11.6 Å². The highest BCUT2D eigenvalue weighted by molar-refractivity contribution is 5.38. The average molecular weight is 271 g/mol. The predicted molar refractivity (Wildman–Crippen MR) is 80.0 cm³/mol. The molecular weight excluding hydrogens is 250 g/mol. The van der Waals surface area contributed by atoms with Gasteiger partial charge in [0.15, 0.2) is 0 Å². The van der Waals surface area contributed by atoms with Gasteiger partial charge in [0.25, 0.3) is 0 Å². The SMILES string of the molecule is CCCNCc1cncc(Oc2cc(C)ccc2C)n1. The van der Waals surface area contributed by atoms with E-state index in [0.29, 0.717) is 12.4 Å². The Balaban J connectivity index is 2.09. The highest BCUT2D eigenvalue weighted by atomic mass is 16.5. The molecule has 1 aromatic heterocycles. The first-order chi connectivity index (χ1) is 9.69. The van der Waals surface area contributed by atoms with Crippen LogP contribution in [0.25, 0.3) is 0 Å². The summed E-state index contributed by atoms with van der Waals surface area (Å²) in [6, 6.07) is 6.13. The van der Waals surface area contributed by atoms with Crippen LogP contribution in [0.15, 0.2) is 30.6 Å². The highest BCUT2D eigenvalue weighted by Crippen LogP contribution is 2.24. The minimum atomic E-state index is 0.537. The summed E-state index contributed by atoms with van der Waals surface area (Å²) in [5, 5.41) is 3.30. The molecule has 20 heavy (non-hydrogen) atoms. The van der Waals surface area contributed by atoms with Gasteiger partial charge in [0.1, 0.15) is 5.75 Å². The number of aryl methyl sites for hydroxylation is 2. The lowest BCUT2D eigenvalue weighted by atomic mass is 10.1. The maximum atomic E-state index is 5.84. The molecule has 0 aliphatic heterocycles. The largest absolute Gasteiger partial charge is 0.437 e. The van der Waals surface area contributed by atoms with Gasteiger partial charge >= 0.3 is 0 Å². The quantitative estimate of drug-likeness (QED) is 0.818. The molecule has 0 spiro atoms. The van der Waals surface area contributed by atoms with Crippen LogP contribution in [-0.2, 0) is 6.54 Å². The van der Waals surface area contributed by atoms with Gasteiger partial charge < -0.3 is 10.1 Å². The van der Waals surface area contributed by atoms with Gasteiger partial charge in [0.05, 0.1) is 11.9 Å². The number of ether oxygens (including phenoxy) is 1. The molecule has 4 heteroatoms. The van der Waals surface area contributed by atoms with Gasteiger partial charge in [0.2, 0.25) is 5.88 Å². The maximum Gasteiger partial charge on any atom is 0.238 e. The van der Waals surface area contributed by atoms with Gasteiger partial charge in [-0.2, -0.15) is 0 Å². The Kier molecular flexibility index (Phi) is 5.07. The zero-order chi connectivity index (χ0) is 14.4. The van der Waals surface area contributed by atoms with Crippen molar-refractivity contribution in [3.63, 3.8) is 0 Å². The molecule has 0 atom stereocenters. The highest BCUT2D eigenvalue weighted by Gasteiger charge is 2.04. The Labute approximate surface area is 120 Å². The lowest BCUT2D eigenvalue weighted by Gasteiger charge is -2.09. The van der Waals surface area contributed by atoms with Gasteiger partial charge in [-0.25, -0.2) is 4.98 Å². The first kappa shape index (κ1) is 14.5. The van der Waals surface area contributed by atoms with Gasteiger partial charge in [-0.05, 0) is 44.0 Å². The molecule has 0 amide bonds. The zero-order valence-corrected chi connectivity index (χ0v) is 12.3. The Hall–Kier alpha value is -1.94. The van der Waals surface area contributed by atoms with E-state index in [9.17, 15) is 0 Å². The van der Waals surface area contributed by atoms with Crippen molar-refractivity contribution in [3.05, 3.63) is 47.4 Å². The van der Waals surface area contributed by atoms with E-state index >= 15 is 0 Å². The summed E-state index contributed by atoms with van der Waals surface area (Å²) in [6.45, 7) is 7.89. The lowest BCUT2D eigenvalue weighted by Crippen LogP contribution is -2.15. The molecule has 1 N–H and O–H groups in total. The molecule has 2 rings (SSSR count). The Morgan fingerprint density at radius 1 is 1.20 bits per heavy atom. The smallest absolute Gasteiger partial charge is 0.238 e. The van der Waals surface area contributed by atoms with Crippen molar-refractivity contribution in [1.29, 1.82) is 0 Å². The molecule has 0 aliphatic rings. The van der Waals surface area contributed by atoms with Crippen LogP contribution in [0.2, 0.25) is 0 Å². The molecule has 4 nitrogen and oxygen atoms in total. The summed E-state index contributed by atoms with van der Waals surface area (Å²) < 4.78 is 5.84. The van der Waals surface area contributed by atoms with E-state index in [1.165, 1.54) is 5.56 Å². The summed E-state index contributed by atoms with van der Waals surface area (Å²) in [5.74, 6) is 1.37. The first-order valence-electron chi connectivity index (χ1n) is 6.96. The van der Waals surface area contributed by atoms with Crippen molar-refractivity contribution in [1.82, 2.24) is 15.3 Å². The summed E-state index contributed by atoms with van der Waals surface area (Å²) >= 11 is 0. The molecule has 0 radical (unpaired) electrons. The van der Waals surface area contributed by atoms with Crippen LogP contribution in [0.4, 0.5) is 0 Å². The van der Waals surface area contributed by atoms with Crippen molar-refractivity contribution in [2.24, 2.45) is 0 Å². The van der Waals surface area contributed by atoms with Crippen molar-refractivity contribution in [3.8, 4) is 11.6 Å². The van der Waals surface area contributed by atoms with E-state index in [2.05, 4.69) is 28.3 Å². The van der Waals surface area contributed by atoms with Gasteiger partial charge in [-0.15, -0.1) is 0 Å². The van der Waals surface area contributed by atoms with Crippen molar-refractivity contribution in [2.45, 2.75) is 33.7 Å². The molecule has 0 aliphatic carbocycles. The number of rotatable bonds is 6. The topological polar surface area (TPSA) is 47.0 Å². The van der Waals surface area contributed by atoms with E-state index in [-0.39, 0.29) is 0 Å². The summed E-state index contributed by atoms with van der Waals surface area (Å²) in [7, 11) is 0. The second-order valence-electron chi connectivity index (χ2n) is 4.90. The Bertz CT molecular complexity index is 569. The predicted octanol–water partition coefficient (Wildman–Crippen LogP) is 3.39. The van der Waals surface area contributed by atoms with Crippen LogP contribution in [0.3, 0.4) is 0 Å². The van der Waals surface area contributed by atoms with Gasteiger partial charge in [0, 0.05) is 12.7 Å². The number of hydrogen-bond acceptors (Lipinski definition) is 4. The van der Waals surface area contributed by atoms with Crippen molar-refractivity contribution >= 4 is 0 Å². The Morgan fingerprint density at radius 2 is 2.05 bits per heavy atom. The zero-order valence-electron chi connectivity index (χ0n) is 12.3. The van der Waals surface area contributed by atoms with E-state index < -0.39 is 0 Å². The molecular formula is C16H21N3O. The third kappa shape index (κ3) is 4.03. The number of aromatic nitrogens is 2. The minimum absolute atomic E-state index is 0.537. The molecule has 0 bridgehead atoms. The molecule has 0 saturated heterocycles. The summed E-state index contributed by atoms with van der Waals surface area (Å²) in [6.07, 6.45) is 4.51. The average Bonchev–Trinajstić information content (AvgIpc) is 2.44. The fourth-order valence-electron chi connectivity index (χ4n) is 1.84. The molecule has 2 aromatic rings. The van der Waals surface area contributed by atoms with Crippen molar-refractivity contribution in [2.75, 3.05) is 6.54 Å². The van der Waals surface area contributed by atoms with E-state index in [4.69, 9.17) is 4.74 Å². The minimum Gasteiger partial charge on any atom is -0.437 e. The van der Waals surface area contributed by atoms with Crippen LogP contribution in [-0.4, -0.2) is 16.5 Å². The fourth-order valence-corrected chi connectivity index (χ4v) is 1.84. The number of nitrogens with zero attached hydrogens (tertiary/aromatic N) is 2. The molecule has 0 unspecified atom stereocenters. The summed E-state index contributed by atoms with van der Waals surface area (Å²) in [5.41, 5.74) is 3.15. The molecule has 0 fully saturated rings. The van der Waals surface area contributed by atoms with Gasteiger partial charge in [-0.3, -0.25) is 4.98 Å². The van der Waals surface area contributed by atoms with E-state index in [1.807, 2.05) is 26.0 Å². The third-order valence-corrected chi connectivity index (χ3v) is 2.95. The van der Waals surface area contributed by atoms with E-state index in [1.54, 1.807) is 12.4 Å². The monoisotopic (exact) mass is 271 g/mol. The second kappa shape index (κ2) is 7.01. The lowest BCUT2D eigenvalue weighted by molar-refractivity contribution is 0.452. The van der Waals surface area contributed by atoms with Crippen LogP contribution in [0.1, 0.15) is 30.2 Å². The number of hydrogen-bond donors (Lipinski definition) is 1. The second-order valence-corrected chi connectivity index (χ2v) is 4.90. The Morgan fingerprint density at radius 3 is 2.85 bits per heavy atom. The normalized spacial score (nSPS) is 10.6. The van der Waals surface area contributed by atoms with Crippen LogP contribution < -0.4 is 10.1 Å².